The molecule has 2 N–H and O–H groups in total. The topological polar surface area (TPSA) is 106 Å². The molecule has 1 aliphatic heterocycles. The third-order valence-electron chi connectivity index (χ3n) is 4.63. The van der Waals surface area contributed by atoms with Crippen LogP contribution in [-0.4, -0.2) is 52.1 Å². The number of hydrogen-bond donors (Lipinski definition) is 1. The Bertz CT molecular complexity index is 652. The van der Waals surface area contributed by atoms with Crippen LogP contribution < -0.4 is 5.73 Å². The first-order valence-corrected chi connectivity index (χ1v) is 9.35. The number of nitrogens with two attached hydrogens (primary N) is 1. The summed E-state index contributed by atoms with van der Waals surface area (Å²) in [6.45, 7) is 3.71. The molecule has 2 atom stereocenters. The molecule has 0 aliphatic carbocycles. The fourth-order valence-electron chi connectivity index (χ4n) is 3.36. The number of aromatic nitrogens is 1. The van der Waals surface area contributed by atoms with Gasteiger partial charge in [-0.1, -0.05) is 0 Å². The van der Waals surface area contributed by atoms with E-state index in [0.29, 0.717) is 13.0 Å². The highest BCUT2D eigenvalue weighted by atomic mass is 16.5. The Balaban J connectivity index is 2.03. The summed E-state index contributed by atoms with van der Waals surface area (Å²) in [5.74, 6) is -1.15. The van der Waals surface area contributed by atoms with Crippen LogP contribution in [0, 0.1) is 5.92 Å². The number of rotatable bonds is 8. The van der Waals surface area contributed by atoms with Crippen molar-refractivity contribution in [1.29, 1.82) is 0 Å². The van der Waals surface area contributed by atoms with Crippen LogP contribution in [0.3, 0.4) is 0 Å². The number of aryl methyl sites for hydroxylation is 1. The normalized spacial score (nSPS) is 18.1. The summed E-state index contributed by atoms with van der Waals surface area (Å²) >= 11 is 0. The molecule has 0 bridgehead atoms. The summed E-state index contributed by atoms with van der Waals surface area (Å²) in [4.78, 5) is 40.8. The molecule has 0 radical (unpaired) electrons. The first-order valence-electron chi connectivity index (χ1n) is 9.35. The summed E-state index contributed by atoms with van der Waals surface area (Å²) in [6, 6.07) is 3.87. The van der Waals surface area contributed by atoms with Gasteiger partial charge in [0, 0.05) is 31.8 Å². The molecular formula is C19H28N4O4. The van der Waals surface area contributed by atoms with Gasteiger partial charge in [0.25, 0.3) is 0 Å². The van der Waals surface area contributed by atoms with Gasteiger partial charge in [0.15, 0.2) is 0 Å². The minimum atomic E-state index is -0.926. The van der Waals surface area contributed by atoms with E-state index in [2.05, 4.69) is 4.98 Å². The smallest absolute Gasteiger partial charge is 0.309 e. The molecule has 2 amide bonds. The number of hydrazine groups is 1. The van der Waals surface area contributed by atoms with Crippen LogP contribution in [0.4, 0.5) is 0 Å². The lowest BCUT2D eigenvalue weighted by Gasteiger charge is -2.42. The molecule has 1 aliphatic rings. The predicted molar refractivity (Wildman–Crippen MR) is 98.7 cm³/mol. The van der Waals surface area contributed by atoms with Gasteiger partial charge in [0.1, 0.15) is 6.17 Å². The zero-order chi connectivity index (χ0) is 19.8. The van der Waals surface area contributed by atoms with Gasteiger partial charge >= 0.3 is 5.97 Å². The molecule has 0 saturated carbocycles. The number of hydrogen-bond acceptors (Lipinski definition) is 6. The number of amides is 2. The van der Waals surface area contributed by atoms with Gasteiger partial charge in [0.2, 0.25) is 11.8 Å². The molecule has 27 heavy (non-hydrogen) atoms. The molecule has 1 aromatic heterocycles. The highest BCUT2D eigenvalue weighted by molar-refractivity contribution is 5.83. The van der Waals surface area contributed by atoms with Gasteiger partial charge < -0.3 is 10.5 Å². The Kier molecular flexibility index (Phi) is 7.72. The van der Waals surface area contributed by atoms with Crippen molar-refractivity contribution in [2.24, 2.45) is 11.7 Å². The molecule has 0 spiro atoms. The molecule has 1 aromatic rings. The fraction of sp³-hybridized carbons (Fsp3) is 0.579. The second-order valence-corrected chi connectivity index (χ2v) is 6.63. The van der Waals surface area contributed by atoms with Gasteiger partial charge in [-0.3, -0.25) is 19.4 Å². The van der Waals surface area contributed by atoms with Gasteiger partial charge in [-0.25, -0.2) is 10.0 Å². The number of esters is 1. The van der Waals surface area contributed by atoms with Gasteiger partial charge in [-0.15, -0.1) is 0 Å². The standard InChI is InChI=1S/C19H28N4O4/c1-3-27-18(25)13-17(20)23(14(2)24)22-12-4-5-16(19(22)26)7-6-15-8-10-21-11-9-15/h8-11,16-17H,3-7,12-13,20H2,1-2H3/t16?,17-/m0/s1. The predicted octanol–water partition coefficient (Wildman–Crippen LogP) is 1.25. The summed E-state index contributed by atoms with van der Waals surface area (Å²) in [7, 11) is 0. The van der Waals surface area contributed by atoms with Gasteiger partial charge in [-0.2, -0.15) is 0 Å². The number of piperidine rings is 1. The van der Waals surface area contributed by atoms with Crippen molar-refractivity contribution in [3.63, 3.8) is 0 Å². The third kappa shape index (κ3) is 5.75. The van der Waals surface area contributed by atoms with Crippen molar-refractivity contribution in [1.82, 2.24) is 15.0 Å². The largest absolute Gasteiger partial charge is 0.466 e. The van der Waals surface area contributed by atoms with E-state index in [1.54, 1.807) is 19.3 Å². The van der Waals surface area contributed by atoms with E-state index in [4.69, 9.17) is 10.5 Å². The van der Waals surface area contributed by atoms with Crippen molar-refractivity contribution < 1.29 is 19.1 Å². The lowest BCUT2D eigenvalue weighted by atomic mass is 9.91. The Morgan fingerprint density at radius 2 is 2.11 bits per heavy atom. The van der Waals surface area contributed by atoms with Crippen LogP contribution in [0.25, 0.3) is 0 Å². The minimum Gasteiger partial charge on any atom is -0.466 e. The minimum absolute atomic E-state index is 0.121. The van der Waals surface area contributed by atoms with E-state index < -0.39 is 12.1 Å². The number of pyridine rings is 1. The number of carbonyl (C=O) groups excluding carboxylic acids is 3. The maximum atomic E-state index is 13.0. The lowest BCUT2D eigenvalue weighted by molar-refractivity contribution is -0.176. The highest BCUT2D eigenvalue weighted by Crippen LogP contribution is 2.25. The zero-order valence-electron chi connectivity index (χ0n) is 16.0. The Morgan fingerprint density at radius 3 is 2.74 bits per heavy atom. The average molecular weight is 376 g/mol. The molecule has 8 heteroatoms. The van der Waals surface area contributed by atoms with Crippen molar-refractivity contribution in [3.05, 3.63) is 30.1 Å². The second-order valence-electron chi connectivity index (χ2n) is 6.63. The monoisotopic (exact) mass is 376 g/mol. The number of carbonyl (C=O) groups is 3. The van der Waals surface area contributed by atoms with E-state index in [1.165, 1.54) is 16.9 Å². The van der Waals surface area contributed by atoms with E-state index in [0.717, 1.165) is 24.8 Å². The summed E-state index contributed by atoms with van der Waals surface area (Å²) in [6.07, 6.45) is 5.40. The average Bonchev–Trinajstić information content (AvgIpc) is 2.63. The van der Waals surface area contributed by atoms with E-state index in [9.17, 15) is 14.4 Å². The summed E-state index contributed by atoms with van der Waals surface area (Å²) in [5.41, 5.74) is 7.18. The molecule has 2 heterocycles. The van der Waals surface area contributed by atoms with Crippen molar-refractivity contribution >= 4 is 17.8 Å². The highest BCUT2D eigenvalue weighted by Gasteiger charge is 2.36. The SMILES string of the molecule is CCOC(=O)C[C@@H](N)N(C(C)=O)N1CCCC(CCc2ccncc2)C1=O. The van der Waals surface area contributed by atoms with Crippen LogP contribution >= 0.6 is 0 Å². The Hall–Kier alpha value is -2.48. The maximum absolute atomic E-state index is 13.0. The maximum Gasteiger partial charge on any atom is 0.309 e. The first-order chi connectivity index (χ1) is 12.9. The third-order valence-corrected chi connectivity index (χ3v) is 4.63. The lowest BCUT2D eigenvalue weighted by Crippen LogP contribution is -2.60. The molecule has 1 fully saturated rings. The molecule has 0 aromatic carbocycles. The number of nitrogens with zero attached hydrogens (tertiary/aromatic N) is 3. The first kappa shape index (κ1) is 20.8. The Labute approximate surface area is 159 Å². The molecule has 2 rings (SSSR count). The molecule has 148 valence electrons. The van der Waals surface area contributed by atoms with Gasteiger partial charge in [0.05, 0.1) is 13.0 Å². The van der Waals surface area contributed by atoms with Gasteiger partial charge in [-0.05, 0) is 50.3 Å². The molecule has 8 nitrogen and oxygen atoms in total. The van der Waals surface area contributed by atoms with Crippen molar-refractivity contribution in [2.45, 2.75) is 52.1 Å². The Morgan fingerprint density at radius 1 is 1.41 bits per heavy atom. The van der Waals surface area contributed by atoms with E-state index in [1.807, 2.05) is 12.1 Å². The zero-order valence-corrected chi connectivity index (χ0v) is 16.0. The van der Waals surface area contributed by atoms with E-state index >= 15 is 0 Å². The van der Waals surface area contributed by atoms with Crippen LogP contribution in [0.15, 0.2) is 24.5 Å². The summed E-state index contributed by atoms with van der Waals surface area (Å²) in [5, 5.41) is 2.62. The molecule has 1 unspecified atom stereocenters. The molecule has 1 saturated heterocycles. The number of ether oxygens (including phenoxy) is 1. The molecular weight excluding hydrogens is 348 g/mol. The fourth-order valence-corrected chi connectivity index (χ4v) is 3.36. The second kappa shape index (κ2) is 10.0. The van der Waals surface area contributed by atoms with Crippen LogP contribution in [0.2, 0.25) is 0 Å². The summed E-state index contributed by atoms with van der Waals surface area (Å²) < 4.78 is 4.90. The van der Waals surface area contributed by atoms with Crippen molar-refractivity contribution in [3.8, 4) is 0 Å². The van der Waals surface area contributed by atoms with Crippen LogP contribution in [0.1, 0.15) is 45.1 Å². The van der Waals surface area contributed by atoms with Crippen LogP contribution in [0.5, 0.6) is 0 Å². The quantitative estimate of drug-likeness (QED) is 0.541. The van der Waals surface area contributed by atoms with Crippen LogP contribution in [-0.2, 0) is 25.5 Å². The van der Waals surface area contributed by atoms with E-state index in [-0.39, 0.29) is 30.8 Å². The van der Waals surface area contributed by atoms with Crippen molar-refractivity contribution in [2.75, 3.05) is 13.2 Å².